The van der Waals surface area contributed by atoms with Crippen LogP contribution < -0.4 is 5.73 Å². The molecule has 2 heterocycles. The van der Waals surface area contributed by atoms with E-state index in [4.69, 9.17) is 5.73 Å². The molecule has 4 heteroatoms. The first-order valence-corrected chi connectivity index (χ1v) is 5.47. The molecule has 0 spiro atoms. The predicted molar refractivity (Wildman–Crippen MR) is 66.3 cm³/mol. The molecule has 0 fully saturated rings. The second kappa shape index (κ2) is 3.99. The topological polar surface area (TPSA) is 56.2 Å². The van der Waals surface area contributed by atoms with Crippen LogP contribution in [-0.4, -0.2) is 14.6 Å². The highest BCUT2D eigenvalue weighted by Crippen LogP contribution is 2.18. The molecule has 3 aromatic rings. The van der Waals surface area contributed by atoms with Crippen LogP contribution in [-0.2, 0) is 6.54 Å². The van der Waals surface area contributed by atoms with E-state index in [1.165, 1.54) is 0 Å². The third-order valence-electron chi connectivity index (χ3n) is 2.72. The Kier molecular flexibility index (Phi) is 2.34. The number of hydrogen-bond donors (Lipinski definition) is 1. The van der Waals surface area contributed by atoms with E-state index in [1.807, 2.05) is 42.5 Å². The fourth-order valence-corrected chi connectivity index (χ4v) is 1.85. The zero-order chi connectivity index (χ0) is 11.7. The monoisotopic (exact) mass is 224 g/mol. The summed E-state index contributed by atoms with van der Waals surface area (Å²) in [5.41, 5.74) is 9.46. The lowest BCUT2D eigenvalue weighted by Crippen LogP contribution is -2.05. The van der Waals surface area contributed by atoms with Crippen LogP contribution in [0.15, 0.2) is 48.7 Å². The van der Waals surface area contributed by atoms with Crippen molar-refractivity contribution >= 4 is 5.65 Å². The molecule has 2 N–H and O–H groups in total. The molecule has 0 amide bonds. The Morgan fingerprint density at radius 3 is 2.71 bits per heavy atom. The molecule has 0 atom stereocenters. The van der Waals surface area contributed by atoms with Crippen LogP contribution in [0.4, 0.5) is 0 Å². The molecule has 1 aromatic carbocycles. The van der Waals surface area contributed by atoms with Gasteiger partial charge in [-0.15, -0.1) is 0 Å². The highest BCUT2D eigenvalue weighted by molar-refractivity contribution is 5.63. The van der Waals surface area contributed by atoms with Crippen molar-refractivity contribution in [2.45, 2.75) is 6.54 Å². The second-order valence-corrected chi connectivity index (χ2v) is 3.81. The molecule has 4 nitrogen and oxygen atoms in total. The zero-order valence-corrected chi connectivity index (χ0v) is 9.24. The standard InChI is InChI=1S/C13H12N4/c14-9-11-6-7-15-13-8-12(16-17(11)13)10-4-2-1-3-5-10/h1-8H,9,14H2. The fraction of sp³-hybridized carbons (Fsp3) is 0.0769. The van der Waals surface area contributed by atoms with Gasteiger partial charge in [0.2, 0.25) is 0 Å². The molecule has 0 bridgehead atoms. The quantitative estimate of drug-likeness (QED) is 0.722. The van der Waals surface area contributed by atoms with Gasteiger partial charge in [0.25, 0.3) is 0 Å². The number of rotatable bonds is 2. The Morgan fingerprint density at radius 1 is 1.12 bits per heavy atom. The molecule has 0 saturated carbocycles. The van der Waals surface area contributed by atoms with E-state index in [-0.39, 0.29) is 0 Å². The van der Waals surface area contributed by atoms with Crippen molar-refractivity contribution in [1.29, 1.82) is 0 Å². The maximum Gasteiger partial charge on any atom is 0.155 e. The van der Waals surface area contributed by atoms with Gasteiger partial charge in [0.1, 0.15) is 0 Å². The third kappa shape index (κ3) is 1.68. The number of aromatic nitrogens is 3. The third-order valence-corrected chi connectivity index (χ3v) is 2.72. The molecule has 84 valence electrons. The Balaban J connectivity index is 2.20. The Labute approximate surface area is 98.7 Å². The summed E-state index contributed by atoms with van der Waals surface area (Å²) in [7, 11) is 0. The van der Waals surface area contributed by atoms with Gasteiger partial charge in [0.15, 0.2) is 5.65 Å². The van der Waals surface area contributed by atoms with Crippen molar-refractivity contribution in [3.63, 3.8) is 0 Å². The molecule has 3 rings (SSSR count). The van der Waals surface area contributed by atoms with Gasteiger partial charge < -0.3 is 5.73 Å². The van der Waals surface area contributed by atoms with Crippen LogP contribution in [0.3, 0.4) is 0 Å². The summed E-state index contributed by atoms with van der Waals surface area (Å²) in [6.07, 6.45) is 1.76. The van der Waals surface area contributed by atoms with Gasteiger partial charge in [0.05, 0.1) is 11.4 Å². The molecular weight excluding hydrogens is 212 g/mol. The lowest BCUT2D eigenvalue weighted by Gasteiger charge is -1.99. The van der Waals surface area contributed by atoms with Gasteiger partial charge in [0, 0.05) is 24.4 Å². The predicted octanol–water partition coefficient (Wildman–Crippen LogP) is 1.85. The Bertz CT molecular complexity index is 643. The molecule has 2 aromatic heterocycles. The first kappa shape index (κ1) is 9.99. The van der Waals surface area contributed by atoms with Crippen LogP contribution >= 0.6 is 0 Å². The second-order valence-electron chi connectivity index (χ2n) is 3.81. The van der Waals surface area contributed by atoms with Crippen molar-refractivity contribution < 1.29 is 0 Å². The molecule has 0 aliphatic carbocycles. The van der Waals surface area contributed by atoms with Crippen molar-refractivity contribution in [3.8, 4) is 11.3 Å². The van der Waals surface area contributed by atoms with Gasteiger partial charge in [-0.1, -0.05) is 30.3 Å². The molecule has 0 saturated heterocycles. The summed E-state index contributed by atoms with van der Waals surface area (Å²) >= 11 is 0. The maximum atomic E-state index is 5.68. The van der Waals surface area contributed by atoms with Gasteiger partial charge in [-0.3, -0.25) is 0 Å². The van der Waals surface area contributed by atoms with Crippen molar-refractivity contribution in [2.24, 2.45) is 5.73 Å². The first-order valence-electron chi connectivity index (χ1n) is 5.47. The summed E-state index contributed by atoms with van der Waals surface area (Å²) in [6, 6.07) is 13.9. The van der Waals surface area contributed by atoms with E-state index < -0.39 is 0 Å². The average molecular weight is 224 g/mol. The highest BCUT2D eigenvalue weighted by Gasteiger charge is 2.06. The Morgan fingerprint density at radius 2 is 1.94 bits per heavy atom. The van der Waals surface area contributed by atoms with Gasteiger partial charge in [-0.05, 0) is 6.07 Å². The molecule has 17 heavy (non-hydrogen) atoms. The highest BCUT2D eigenvalue weighted by atomic mass is 15.3. The average Bonchev–Trinajstić information content (AvgIpc) is 2.83. The Hall–Kier alpha value is -2.20. The van der Waals surface area contributed by atoms with E-state index in [2.05, 4.69) is 10.1 Å². The molecule has 0 aliphatic heterocycles. The minimum absolute atomic E-state index is 0.453. The van der Waals surface area contributed by atoms with E-state index in [9.17, 15) is 0 Å². The van der Waals surface area contributed by atoms with Crippen LogP contribution in [0.25, 0.3) is 16.9 Å². The van der Waals surface area contributed by atoms with Crippen molar-refractivity contribution in [3.05, 3.63) is 54.4 Å². The normalized spacial score (nSPS) is 10.9. The fourth-order valence-electron chi connectivity index (χ4n) is 1.85. The molecule has 0 aliphatic rings. The van der Waals surface area contributed by atoms with Gasteiger partial charge in [-0.25, -0.2) is 9.50 Å². The van der Waals surface area contributed by atoms with Crippen molar-refractivity contribution in [1.82, 2.24) is 14.6 Å². The molecule has 0 radical (unpaired) electrons. The molecule has 0 unspecified atom stereocenters. The smallest absolute Gasteiger partial charge is 0.155 e. The van der Waals surface area contributed by atoms with Gasteiger partial charge in [-0.2, -0.15) is 5.10 Å². The van der Waals surface area contributed by atoms with E-state index in [0.29, 0.717) is 6.54 Å². The lowest BCUT2D eigenvalue weighted by atomic mass is 10.2. The number of fused-ring (bicyclic) bond motifs is 1. The summed E-state index contributed by atoms with van der Waals surface area (Å²) < 4.78 is 1.79. The van der Waals surface area contributed by atoms with Crippen LogP contribution in [0.5, 0.6) is 0 Å². The van der Waals surface area contributed by atoms with E-state index in [1.54, 1.807) is 10.7 Å². The molecular formula is C13H12N4. The SMILES string of the molecule is NCc1ccnc2cc(-c3ccccc3)nn12. The van der Waals surface area contributed by atoms with E-state index in [0.717, 1.165) is 22.6 Å². The number of nitrogens with zero attached hydrogens (tertiary/aromatic N) is 3. The first-order chi connectivity index (χ1) is 8.38. The van der Waals surface area contributed by atoms with Crippen molar-refractivity contribution in [2.75, 3.05) is 0 Å². The summed E-state index contributed by atoms with van der Waals surface area (Å²) in [5.74, 6) is 0. The minimum atomic E-state index is 0.453. The van der Waals surface area contributed by atoms with E-state index >= 15 is 0 Å². The van der Waals surface area contributed by atoms with Crippen LogP contribution in [0.1, 0.15) is 5.69 Å². The summed E-state index contributed by atoms with van der Waals surface area (Å²) in [4.78, 5) is 4.28. The van der Waals surface area contributed by atoms with Crippen LogP contribution in [0, 0.1) is 0 Å². The largest absolute Gasteiger partial charge is 0.325 e. The summed E-state index contributed by atoms with van der Waals surface area (Å²) in [6.45, 7) is 0.453. The van der Waals surface area contributed by atoms with Crippen LogP contribution in [0.2, 0.25) is 0 Å². The minimum Gasteiger partial charge on any atom is -0.325 e. The number of nitrogens with two attached hydrogens (primary N) is 1. The van der Waals surface area contributed by atoms with Gasteiger partial charge >= 0.3 is 0 Å². The maximum absolute atomic E-state index is 5.68. The number of benzene rings is 1. The number of hydrogen-bond acceptors (Lipinski definition) is 3. The summed E-state index contributed by atoms with van der Waals surface area (Å²) in [5, 5.41) is 4.53. The lowest BCUT2D eigenvalue weighted by molar-refractivity contribution is 0.838. The zero-order valence-electron chi connectivity index (χ0n) is 9.24.